The lowest BCUT2D eigenvalue weighted by Crippen LogP contribution is -2.32. The molecule has 0 radical (unpaired) electrons. The van der Waals surface area contributed by atoms with Crippen LogP contribution in [-0.2, 0) is 6.42 Å². The molecule has 1 aromatic carbocycles. The summed E-state index contributed by atoms with van der Waals surface area (Å²) in [5.41, 5.74) is 0.805. The molecule has 0 amide bonds. The number of hydrogen-bond acceptors (Lipinski definition) is 0. The van der Waals surface area contributed by atoms with Crippen LogP contribution < -0.4 is 0 Å². The van der Waals surface area contributed by atoms with Crippen LogP contribution in [0, 0.1) is 29.4 Å². The Morgan fingerprint density at radius 1 is 1.00 bits per heavy atom. The fraction of sp³-hybridized carbons (Fsp3) is 0.667. The normalized spacial score (nSPS) is 30.7. The van der Waals surface area contributed by atoms with Crippen LogP contribution in [0.4, 0.5) is 8.78 Å². The molecular formula is C18H23ClF2. The van der Waals surface area contributed by atoms with E-state index in [9.17, 15) is 8.78 Å². The molecule has 0 aromatic heterocycles. The smallest absolute Gasteiger partial charge is 0.159 e. The van der Waals surface area contributed by atoms with E-state index in [-0.39, 0.29) is 5.38 Å². The maximum absolute atomic E-state index is 13.3. The van der Waals surface area contributed by atoms with Crippen molar-refractivity contribution in [2.75, 3.05) is 0 Å². The molecule has 116 valence electrons. The standard InChI is InChI=1S/C18H23ClF2/c19-16(9-12-5-8-17(20)18(21)10-12)15-7-6-13-3-1-2-4-14(13)11-15/h5,8,10,13-16H,1-4,6-7,9,11H2. The Bertz CT molecular complexity index is 488. The van der Waals surface area contributed by atoms with Gasteiger partial charge in [-0.05, 0) is 61.1 Å². The van der Waals surface area contributed by atoms with E-state index >= 15 is 0 Å². The number of alkyl halides is 1. The average Bonchev–Trinajstić information content (AvgIpc) is 2.50. The number of rotatable bonds is 3. The zero-order chi connectivity index (χ0) is 14.8. The molecule has 0 spiro atoms. The largest absolute Gasteiger partial charge is 0.204 e. The van der Waals surface area contributed by atoms with Crippen LogP contribution in [0.15, 0.2) is 18.2 Å². The first-order valence-electron chi connectivity index (χ1n) is 8.21. The third-order valence-electron chi connectivity index (χ3n) is 5.51. The Hall–Kier alpha value is -0.630. The lowest BCUT2D eigenvalue weighted by molar-refractivity contribution is 0.127. The minimum Gasteiger partial charge on any atom is -0.204 e. The zero-order valence-corrected chi connectivity index (χ0v) is 13.1. The molecule has 0 saturated heterocycles. The molecular weight excluding hydrogens is 290 g/mol. The van der Waals surface area contributed by atoms with Crippen molar-refractivity contribution in [2.45, 2.75) is 56.7 Å². The van der Waals surface area contributed by atoms with Crippen molar-refractivity contribution in [1.29, 1.82) is 0 Å². The molecule has 4 atom stereocenters. The van der Waals surface area contributed by atoms with Gasteiger partial charge in [-0.25, -0.2) is 8.78 Å². The number of benzene rings is 1. The second-order valence-electron chi connectivity index (χ2n) is 6.85. The first-order chi connectivity index (χ1) is 10.1. The van der Waals surface area contributed by atoms with Gasteiger partial charge in [-0.3, -0.25) is 0 Å². The number of hydrogen-bond donors (Lipinski definition) is 0. The molecule has 2 saturated carbocycles. The highest BCUT2D eigenvalue weighted by atomic mass is 35.5. The van der Waals surface area contributed by atoms with Gasteiger partial charge in [0.2, 0.25) is 0 Å². The number of fused-ring (bicyclic) bond motifs is 1. The molecule has 0 bridgehead atoms. The summed E-state index contributed by atoms with van der Waals surface area (Å²) in [6.45, 7) is 0. The maximum Gasteiger partial charge on any atom is 0.159 e. The summed E-state index contributed by atoms with van der Waals surface area (Å²) in [4.78, 5) is 0. The van der Waals surface area contributed by atoms with Crippen molar-refractivity contribution in [3.8, 4) is 0 Å². The Balaban J connectivity index is 1.60. The molecule has 3 rings (SSSR count). The van der Waals surface area contributed by atoms with Crippen LogP contribution in [-0.4, -0.2) is 5.38 Å². The van der Waals surface area contributed by atoms with Gasteiger partial charge in [0.25, 0.3) is 0 Å². The summed E-state index contributed by atoms with van der Waals surface area (Å²) in [6.07, 6.45) is 9.87. The van der Waals surface area contributed by atoms with Crippen molar-refractivity contribution in [3.05, 3.63) is 35.4 Å². The van der Waals surface area contributed by atoms with Crippen LogP contribution in [0.5, 0.6) is 0 Å². The minimum absolute atomic E-state index is 0.0396. The van der Waals surface area contributed by atoms with Crippen LogP contribution in [0.2, 0.25) is 0 Å². The van der Waals surface area contributed by atoms with E-state index in [1.165, 1.54) is 57.1 Å². The summed E-state index contributed by atoms with van der Waals surface area (Å²) in [7, 11) is 0. The van der Waals surface area contributed by atoms with Crippen molar-refractivity contribution in [3.63, 3.8) is 0 Å². The quantitative estimate of drug-likeness (QED) is 0.626. The van der Waals surface area contributed by atoms with Crippen molar-refractivity contribution in [1.82, 2.24) is 0 Å². The van der Waals surface area contributed by atoms with Gasteiger partial charge in [0.05, 0.1) is 0 Å². The van der Waals surface area contributed by atoms with Gasteiger partial charge in [0.1, 0.15) is 0 Å². The topological polar surface area (TPSA) is 0 Å². The Morgan fingerprint density at radius 2 is 1.76 bits per heavy atom. The number of halogens is 3. The molecule has 0 aliphatic heterocycles. The zero-order valence-electron chi connectivity index (χ0n) is 12.3. The van der Waals surface area contributed by atoms with Crippen LogP contribution >= 0.6 is 11.6 Å². The first-order valence-corrected chi connectivity index (χ1v) is 8.65. The molecule has 4 unspecified atom stereocenters. The Morgan fingerprint density at radius 3 is 2.52 bits per heavy atom. The fourth-order valence-electron chi connectivity index (χ4n) is 4.30. The third-order valence-corrected chi connectivity index (χ3v) is 6.02. The summed E-state index contributed by atoms with van der Waals surface area (Å²) in [5, 5.41) is 0.0396. The van der Waals surface area contributed by atoms with E-state index in [0.29, 0.717) is 12.3 Å². The van der Waals surface area contributed by atoms with Crippen molar-refractivity contribution >= 4 is 11.6 Å². The van der Waals surface area contributed by atoms with E-state index < -0.39 is 11.6 Å². The fourth-order valence-corrected chi connectivity index (χ4v) is 4.70. The van der Waals surface area contributed by atoms with Gasteiger partial charge in [-0.1, -0.05) is 31.7 Å². The lowest BCUT2D eigenvalue weighted by atomic mass is 9.66. The molecule has 0 N–H and O–H groups in total. The summed E-state index contributed by atoms with van der Waals surface area (Å²) in [6, 6.07) is 4.14. The highest BCUT2D eigenvalue weighted by Gasteiger charge is 2.34. The van der Waals surface area contributed by atoms with Crippen LogP contribution in [0.1, 0.15) is 50.5 Å². The van der Waals surface area contributed by atoms with Gasteiger partial charge < -0.3 is 0 Å². The Labute approximate surface area is 130 Å². The molecule has 3 heteroatoms. The van der Waals surface area contributed by atoms with E-state index in [2.05, 4.69) is 0 Å². The molecule has 0 heterocycles. The summed E-state index contributed by atoms with van der Waals surface area (Å²) < 4.78 is 26.2. The summed E-state index contributed by atoms with van der Waals surface area (Å²) in [5.74, 6) is 0.741. The van der Waals surface area contributed by atoms with E-state index in [1.54, 1.807) is 6.07 Å². The molecule has 2 fully saturated rings. The van der Waals surface area contributed by atoms with Gasteiger partial charge in [-0.2, -0.15) is 0 Å². The van der Waals surface area contributed by atoms with Crippen molar-refractivity contribution in [2.24, 2.45) is 17.8 Å². The predicted molar refractivity (Wildman–Crippen MR) is 82.5 cm³/mol. The maximum atomic E-state index is 13.3. The molecule has 2 aliphatic rings. The van der Waals surface area contributed by atoms with E-state index in [4.69, 9.17) is 11.6 Å². The molecule has 2 aliphatic carbocycles. The van der Waals surface area contributed by atoms with Gasteiger partial charge in [0, 0.05) is 5.38 Å². The summed E-state index contributed by atoms with van der Waals surface area (Å²) >= 11 is 6.60. The highest BCUT2D eigenvalue weighted by molar-refractivity contribution is 6.20. The van der Waals surface area contributed by atoms with Gasteiger partial charge in [0.15, 0.2) is 11.6 Å². The SMILES string of the molecule is Fc1ccc(CC(Cl)C2CCC3CCCCC3C2)cc1F. The first kappa shape index (κ1) is 15.3. The monoisotopic (exact) mass is 312 g/mol. The third kappa shape index (κ3) is 3.59. The van der Waals surface area contributed by atoms with E-state index in [1.807, 2.05) is 0 Å². The minimum atomic E-state index is -0.785. The van der Waals surface area contributed by atoms with Crippen molar-refractivity contribution < 1.29 is 8.78 Å². The molecule has 0 nitrogen and oxygen atoms in total. The second-order valence-corrected chi connectivity index (χ2v) is 7.41. The second kappa shape index (κ2) is 6.64. The average molecular weight is 313 g/mol. The van der Waals surface area contributed by atoms with Gasteiger partial charge >= 0.3 is 0 Å². The molecule has 1 aromatic rings. The predicted octanol–water partition coefficient (Wildman–Crippen LogP) is 5.72. The van der Waals surface area contributed by atoms with E-state index in [0.717, 1.165) is 17.4 Å². The van der Waals surface area contributed by atoms with Crippen LogP contribution in [0.25, 0.3) is 0 Å². The Kier molecular flexibility index (Phi) is 4.83. The molecule has 21 heavy (non-hydrogen) atoms. The van der Waals surface area contributed by atoms with Gasteiger partial charge in [-0.15, -0.1) is 11.6 Å². The lowest BCUT2D eigenvalue weighted by Gasteiger charge is -2.40. The van der Waals surface area contributed by atoms with Crippen LogP contribution in [0.3, 0.4) is 0 Å². The highest BCUT2D eigenvalue weighted by Crippen LogP contribution is 2.44.